The standard InChI is InChI=1S/C21H16F4N2O3/c1-27(20(29)21(24,25)11-5-3-2-4-6-11)17-10-30-9-16-18(17)12-7-14(22)15(23)8-13(12)19(28)26-16/h2-8,17H,9-10H2,1H3,(H,26,28)/t17-/m1/s1. The van der Waals surface area contributed by atoms with E-state index in [1.54, 1.807) is 6.07 Å². The number of carbonyl (C=O) groups excluding carboxylic acids is 1. The number of hydrogen-bond donors (Lipinski definition) is 1. The molecule has 2 aromatic carbocycles. The van der Waals surface area contributed by atoms with Gasteiger partial charge < -0.3 is 14.6 Å². The molecule has 0 unspecified atom stereocenters. The molecule has 0 aliphatic carbocycles. The summed E-state index contributed by atoms with van der Waals surface area (Å²) in [6, 6.07) is 7.16. The highest BCUT2D eigenvalue weighted by molar-refractivity contribution is 5.89. The number of alkyl halides is 2. The van der Waals surface area contributed by atoms with Crippen molar-refractivity contribution >= 4 is 16.7 Å². The third-order valence-electron chi connectivity index (χ3n) is 5.23. The average Bonchev–Trinajstić information content (AvgIpc) is 2.74. The normalized spacial score (nSPS) is 16.4. The fourth-order valence-electron chi connectivity index (χ4n) is 3.68. The summed E-state index contributed by atoms with van der Waals surface area (Å²) in [5.41, 5.74) is -0.680. The van der Waals surface area contributed by atoms with E-state index in [-0.39, 0.29) is 35.2 Å². The van der Waals surface area contributed by atoms with Crippen LogP contribution < -0.4 is 5.56 Å². The molecule has 1 N–H and O–H groups in total. The summed E-state index contributed by atoms with van der Waals surface area (Å²) in [7, 11) is 1.18. The van der Waals surface area contributed by atoms with Crippen molar-refractivity contribution < 1.29 is 27.1 Å². The number of amides is 1. The average molecular weight is 420 g/mol. The van der Waals surface area contributed by atoms with Gasteiger partial charge in [0.2, 0.25) is 0 Å². The van der Waals surface area contributed by atoms with Gasteiger partial charge in [0, 0.05) is 23.9 Å². The van der Waals surface area contributed by atoms with E-state index in [0.29, 0.717) is 0 Å². The van der Waals surface area contributed by atoms with Gasteiger partial charge in [-0.1, -0.05) is 30.3 Å². The minimum Gasteiger partial charge on any atom is -0.373 e. The van der Waals surface area contributed by atoms with Crippen molar-refractivity contribution in [3.05, 3.63) is 81.3 Å². The zero-order valence-corrected chi connectivity index (χ0v) is 15.7. The number of fused-ring (bicyclic) bond motifs is 3. The van der Waals surface area contributed by atoms with Crippen LogP contribution in [-0.2, 0) is 22.1 Å². The Bertz CT molecular complexity index is 1190. The number of nitrogens with zero attached hydrogens (tertiary/aromatic N) is 1. The molecule has 5 nitrogen and oxygen atoms in total. The molecule has 1 amide bonds. The number of aromatic nitrogens is 1. The van der Waals surface area contributed by atoms with Crippen LogP contribution in [0.3, 0.4) is 0 Å². The summed E-state index contributed by atoms with van der Waals surface area (Å²) >= 11 is 0. The lowest BCUT2D eigenvalue weighted by atomic mass is 9.94. The van der Waals surface area contributed by atoms with Crippen LogP contribution in [0.25, 0.3) is 10.8 Å². The van der Waals surface area contributed by atoms with Gasteiger partial charge in [-0.2, -0.15) is 8.78 Å². The van der Waals surface area contributed by atoms with Crippen LogP contribution in [0, 0.1) is 11.6 Å². The van der Waals surface area contributed by atoms with Gasteiger partial charge >= 0.3 is 5.92 Å². The fraction of sp³-hybridized carbons (Fsp3) is 0.238. The van der Waals surface area contributed by atoms with Crippen LogP contribution in [0.4, 0.5) is 17.6 Å². The van der Waals surface area contributed by atoms with E-state index in [9.17, 15) is 27.2 Å². The molecule has 3 aromatic rings. The van der Waals surface area contributed by atoms with Crippen molar-refractivity contribution in [1.82, 2.24) is 9.88 Å². The molecule has 9 heteroatoms. The Kier molecular flexibility index (Phi) is 4.85. The lowest BCUT2D eigenvalue weighted by Gasteiger charge is -2.35. The van der Waals surface area contributed by atoms with Crippen molar-refractivity contribution in [3.63, 3.8) is 0 Å². The van der Waals surface area contributed by atoms with E-state index in [4.69, 9.17) is 4.74 Å². The molecule has 30 heavy (non-hydrogen) atoms. The van der Waals surface area contributed by atoms with Crippen molar-refractivity contribution in [2.24, 2.45) is 0 Å². The first-order valence-electron chi connectivity index (χ1n) is 9.04. The summed E-state index contributed by atoms with van der Waals surface area (Å²) in [6.07, 6.45) is 0. The van der Waals surface area contributed by atoms with E-state index in [0.717, 1.165) is 29.2 Å². The molecular formula is C21H16F4N2O3. The Hall–Kier alpha value is -3.20. The summed E-state index contributed by atoms with van der Waals surface area (Å²) in [4.78, 5) is 28.3. The van der Waals surface area contributed by atoms with Gasteiger partial charge in [0.15, 0.2) is 11.6 Å². The van der Waals surface area contributed by atoms with E-state index >= 15 is 0 Å². The number of aromatic amines is 1. The van der Waals surface area contributed by atoms with Crippen molar-refractivity contribution in [3.8, 4) is 0 Å². The third kappa shape index (κ3) is 3.15. The van der Waals surface area contributed by atoms with Crippen molar-refractivity contribution in [2.75, 3.05) is 13.7 Å². The maximum atomic E-state index is 14.8. The lowest BCUT2D eigenvalue weighted by Crippen LogP contribution is -2.44. The number of likely N-dealkylation sites (N-methyl/N-ethyl adjacent to an activating group) is 1. The van der Waals surface area contributed by atoms with Gasteiger partial charge in [-0.25, -0.2) is 8.78 Å². The highest BCUT2D eigenvalue weighted by Crippen LogP contribution is 2.37. The first-order chi connectivity index (χ1) is 14.2. The van der Waals surface area contributed by atoms with Crippen LogP contribution in [0.5, 0.6) is 0 Å². The Balaban J connectivity index is 1.83. The second kappa shape index (κ2) is 7.24. The molecule has 1 atom stereocenters. The second-order valence-corrected chi connectivity index (χ2v) is 7.05. The van der Waals surface area contributed by atoms with Gasteiger partial charge in [0.25, 0.3) is 11.5 Å². The number of pyridine rings is 1. The lowest BCUT2D eigenvalue weighted by molar-refractivity contribution is -0.162. The highest BCUT2D eigenvalue weighted by atomic mass is 19.3. The monoisotopic (exact) mass is 420 g/mol. The Labute approximate surface area is 167 Å². The molecule has 0 spiro atoms. The predicted octanol–water partition coefficient (Wildman–Crippen LogP) is 3.63. The number of benzene rings is 2. The molecule has 0 radical (unpaired) electrons. The van der Waals surface area contributed by atoms with E-state index in [2.05, 4.69) is 4.98 Å². The number of ether oxygens (including phenoxy) is 1. The zero-order chi connectivity index (χ0) is 21.6. The highest BCUT2D eigenvalue weighted by Gasteiger charge is 2.45. The zero-order valence-electron chi connectivity index (χ0n) is 15.7. The topological polar surface area (TPSA) is 62.4 Å². The van der Waals surface area contributed by atoms with Crippen molar-refractivity contribution in [1.29, 1.82) is 0 Å². The van der Waals surface area contributed by atoms with Crippen LogP contribution >= 0.6 is 0 Å². The number of hydrogen-bond acceptors (Lipinski definition) is 3. The molecule has 0 saturated heterocycles. The quantitative estimate of drug-likeness (QED) is 0.659. The minimum atomic E-state index is -3.82. The first-order valence-corrected chi connectivity index (χ1v) is 9.04. The molecule has 156 valence electrons. The number of halogens is 4. The number of rotatable bonds is 3. The molecule has 0 saturated carbocycles. The Morgan fingerprint density at radius 2 is 1.77 bits per heavy atom. The maximum absolute atomic E-state index is 14.8. The molecule has 2 heterocycles. The molecule has 0 bridgehead atoms. The summed E-state index contributed by atoms with van der Waals surface area (Å²) in [5, 5.41) is -0.0983. The smallest absolute Gasteiger partial charge is 0.349 e. The molecule has 0 fully saturated rings. The van der Waals surface area contributed by atoms with Crippen LogP contribution in [-0.4, -0.2) is 29.4 Å². The summed E-state index contributed by atoms with van der Waals surface area (Å²) < 4.78 is 62.6. The number of nitrogens with one attached hydrogen (secondary N) is 1. The molecule has 1 aromatic heterocycles. The Morgan fingerprint density at radius 3 is 2.43 bits per heavy atom. The van der Waals surface area contributed by atoms with E-state index < -0.39 is 40.6 Å². The number of H-pyrrole nitrogens is 1. The fourth-order valence-corrected chi connectivity index (χ4v) is 3.68. The maximum Gasteiger partial charge on any atom is 0.349 e. The SMILES string of the molecule is CN(C(=O)C(F)(F)c1ccccc1)[C@@H]1COCc2[nH]c(=O)c3cc(F)c(F)cc3c21. The first kappa shape index (κ1) is 20.1. The largest absolute Gasteiger partial charge is 0.373 e. The van der Waals surface area contributed by atoms with Crippen molar-refractivity contribution in [2.45, 2.75) is 18.6 Å². The van der Waals surface area contributed by atoms with Crippen LogP contribution in [0.2, 0.25) is 0 Å². The molecule has 4 rings (SSSR count). The van der Waals surface area contributed by atoms with E-state index in [1.165, 1.54) is 19.2 Å². The summed E-state index contributed by atoms with van der Waals surface area (Å²) in [5.74, 6) is -7.71. The van der Waals surface area contributed by atoms with Gasteiger partial charge in [-0.15, -0.1) is 0 Å². The number of carbonyl (C=O) groups is 1. The van der Waals surface area contributed by atoms with Gasteiger partial charge in [0.1, 0.15) is 0 Å². The molecular weight excluding hydrogens is 404 g/mol. The second-order valence-electron chi connectivity index (χ2n) is 7.05. The van der Waals surface area contributed by atoms with Crippen LogP contribution in [0.15, 0.2) is 47.3 Å². The van der Waals surface area contributed by atoms with Crippen LogP contribution in [0.1, 0.15) is 22.9 Å². The minimum absolute atomic E-state index is 0.0450. The molecule has 1 aliphatic heterocycles. The third-order valence-corrected chi connectivity index (χ3v) is 5.23. The van der Waals surface area contributed by atoms with Gasteiger partial charge in [-0.05, 0) is 17.5 Å². The van der Waals surface area contributed by atoms with Gasteiger partial charge in [-0.3, -0.25) is 9.59 Å². The van der Waals surface area contributed by atoms with E-state index in [1.807, 2.05) is 0 Å². The molecule has 1 aliphatic rings. The predicted molar refractivity (Wildman–Crippen MR) is 100.0 cm³/mol. The van der Waals surface area contributed by atoms with Gasteiger partial charge in [0.05, 0.1) is 24.6 Å². The Morgan fingerprint density at radius 1 is 1.13 bits per heavy atom. The summed E-state index contributed by atoms with van der Waals surface area (Å²) in [6.45, 7) is -0.215.